The quantitative estimate of drug-likeness (QED) is 0.0699. The second-order valence-corrected chi connectivity index (χ2v) is 15.5. The number of carbonyl (C=O) groups excluding carboxylic acids is 1. The zero-order valence-electron chi connectivity index (χ0n) is 34.3. The van der Waals surface area contributed by atoms with Gasteiger partial charge in [-0.2, -0.15) is 0 Å². The van der Waals surface area contributed by atoms with E-state index < -0.39 is 23.8 Å². The largest absolute Gasteiger partial charge is 0.487 e. The Balaban J connectivity index is 1.41. The Hall–Kier alpha value is -5.11. The van der Waals surface area contributed by atoms with Gasteiger partial charge in [0.15, 0.2) is 11.5 Å². The van der Waals surface area contributed by atoms with Gasteiger partial charge in [0.05, 0.1) is 30.5 Å². The van der Waals surface area contributed by atoms with Gasteiger partial charge in [0.1, 0.15) is 31.3 Å². The van der Waals surface area contributed by atoms with Gasteiger partial charge in [-0.1, -0.05) is 42.3 Å². The first kappa shape index (κ1) is 42.0. The molecule has 13 heteroatoms. The van der Waals surface area contributed by atoms with E-state index in [1.807, 2.05) is 55.5 Å². The molecule has 3 heterocycles. The van der Waals surface area contributed by atoms with Crippen LogP contribution in [0.2, 0.25) is 0 Å². The van der Waals surface area contributed by atoms with Crippen molar-refractivity contribution in [1.82, 2.24) is 9.88 Å². The Morgan fingerprint density at radius 3 is 2.59 bits per heavy atom. The number of oxime groups is 1. The fourth-order valence-corrected chi connectivity index (χ4v) is 9.43. The van der Waals surface area contributed by atoms with E-state index in [1.54, 1.807) is 17.9 Å². The average molecular weight is 812 g/mol. The number of fused-ring (bicyclic) bond motifs is 3. The molecule has 1 amide bonds. The van der Waals surface area contributed by atoms with Crippen molar-refractivity contribution in [3.63, 3.8) is 0 Å². The Kier molecular flexibility index (Phi) is 13.8. The third kappa shape index (κ3) is 8.92. The summed E-state index contributed by atoms with van der Waals surface area (Å²) in [7, 11) is 1.53. The Morgan fingerprint density at radius 1 is 1.03 bits per heavy atom. The number of aryl methyl sites for hydroxylation is 1. The molecule has 13 nitrogen and oxygen atoms in total. The molecule has 0 radical (unpaired) electrons. The summed E-state index contributed by atoms with van der Waals surface area (Å²) in [5.74, 6) is 0.573. The molecule has 2 aliphatic heterocycles. The minimum atomic E-state index is -1.44. The van der Waals surface area contributed by atoms with E-state index in [4.69, 9.17) is 33.3 Å². The topological polar surface area (TPSA) is 151 Å². The highest BCUT2D eigenvalue weighted by atomic mass is 16.7. The smallest absolute Gasteiger partial charge is 0.410 e. The van der Waals surface area contributed by atoms with E-state index >= 15 is 0 Å². The Labute approximate surface area is 346 Å². The molecule has 2 N–H and O–H groups in total. The number of unbranched alkanes of at least 4 members (excludes halogenated alkanes) is 2. The number of hydrogen-bond donors (Lipinski definition) is 2. The highest BCUT2D eigenvalue weighted by Crippen LogP contribution is 2.62. The summed E-state index contributed by atoms with van der Waals surface area (Å²) in [4.78, 5) is 26.3. The molecule has 2 aromatic carbocycles. The summed E-state index contributed by atoms with van der Waals surface area (Å²) >= 11 is 0. The van der Waals surface area contributed by atoms with Crippen LogP contribution in [0, 0.1) is 24.7 Å². The molecule has 1 saturated carbocycles. The second-order valence-electron chi connectivity index (χ2n) is 15.5. The first-order valence-corrected chi connectivity index (χ1v) is 20.8. The Bertz CT molecular complexity index is 2000. The monoisotopic (exact) mass is 811 g/mol. The van der Waals surface area contributed by atoms with E-state index in [9.17, 15) is 15.0 Å². The highest BCUT2D eigenvalue weighted by molar-refractivity contribution is 6.03. The van der Waals surface area contributed by atoms with E-state index in [2.05, 4.69) is 28.9 Å². The molecule has 2 aliphatic carbocycles. The maximum Gasteiger partial charge on any atom is 0.410 e. The molecule has 7 rings (SSSR count). The van der Waals surface area contributed by atoms with Gasteiger partial charge in [0, 0.05) is 43.4 Å². The minimum Gasteiger partial charge on any atom is -0.487 e. The number of aliphatic hydroxyl groups is 2. The van der Waals surface area contributed by atoms with E-state index in [0.29, 0.717) is 41.6 Å². The standard InChI is InChI=1S/C46H57N3O10/c1-5-22-58-46-42(49(45(52)54-6-2)27-31-16-18-40-41(23-31)57-29-56-40)26-38(48-53-4)36-24-32(13-7-9-20-50)35(15-8-10-21-51)43(44(36)46)37-25-34(17-19-39(37)59-46)55-28-33-14-11-12-30(3)47-33/h5,11-12,14,16-19,23-25,32,35,42-44,50-51H,1,6-10,13,15,20-22,26-29H2,2-4H3. The molecular formula is C46H57N3O10. The molecule has 4 aliphatic rings. The molecule has 1 aromatic heterocycles. The van der Waals surface area contributed by atoms with E-state index in [0.717, 1.165) is 53.8 Å². The lowest BCUT2D eigenvalue weighted by atomic mass is 9.55. The van der Waals surface area contributed by atoms with Gasteiger partial charge in [0.25, 0.3) is 0 Å². The molecule has 0 saturated heterocycles. The number of aromatic nitrogens is 1. The van der Waals surface area contributed by atoms with Crippen LogP contribution in [-0.4, -0.2) is 84.1 Å². The van der Waals surface area contributed by atoms with Crippen LogP contribution in [0.4, 0.5) is 4.79 Å². The van der Waals surface area contributed by atoms with Gasteiger partial charge in [-0.15, -0.1) is 6.58 Å². The van der Waals surface area contributed by atoms with Crippen molar-refractivity contribution in [3.8, 4) is 23.0 Å². The summed E-state index contributed by atoms with van der Waals surface area (Å²) in [6.45, 7) is 8.83. The zero-order valence-corrected chi connectivity index (χ0v) is 34.3. The van der Waals surface area contributed by atoms with E-state index in [-0.39, 0.29) is 70.5 Å². The molecule has 0 spiro atoms. The molecule has 316 valence electrons. The van der Waals surface area contributed by atoms with Crippen LogP contribution in [0.15, 0.2) is 84.1 Å². The number of carbonyl (C=O) groups is 1. The van der Waals surface area contributed by atoms with Crippen molar-refractivity contribution in [1.29, 1.82) is 0 Å². The lowest BCUT2D eigenvalue weighted by molar-refractivity contribution is -0.256. The predicted molar refractivity (Wildman–Crippen MR) is 220 cm³/mol. The average Bonchev–Trinajstić information content (AvgIpc) is 3.71. The fraction of sp³-hybridized carbons (Fsp3) is 0.500. The van der Waals surface area contributed by atoms with Gasteiger partial charge < -0.3 is 43.5 Å². The molecule has 59 heavy (non-hydrogen) atoms. The van der Waals surface area contributed by atoms with Crippen LogP contribution in [0.25, 0.3) is 0 Å². The summed E-state index contributed by atoms with van der Waals surface area (Å²) in [5.41, 5.74) is 5.14. The van der Waals surface area contributed by atoms with Crippen LogP contribution in [0.1, 0.15) is 80.3 Å². The minimum absolute atomic E-state index is 0.0597. The van der Waals surface area contributed by atoms with Gasteiger partial charge in [0.2, 0.25) is 12.6 Å². The van der Waals surface area contributed by atoms with Crippen molar-refractivity contribution in [2.24, 2.45) is 22.9 Å². The molecule has 3 aromatic rings. The summed E-state index contributed by atoms with van der Waals surface area (Å²) in [6, 6.07) is 16.7. The summed E-state index contributed by atoms with van der Waals surface area (Å²) in [5, 5.41) is 24.4. The van der Waals surface area contributed by atoms with Crippen LogP contribution in [0.3, 0.4) is 0 Å². The highest BCUT2D eigenvalue weighted by Gasteiger charge is 2.65. The predicted octanol–water partition coefficient (Wildman–Crippen LogP) is 7.62. The molecular weight excluding hydrogens is 755 g/mol. The number of benzene rings is 2. The van der Waals surface area contributed by atoms with Gasteiger partial charge in [-0.3, -0.25) is 9.88 Å². The number of nitrogens with zero attached hydrogens (tertiary/aromatic N) is 3. The summed E-state index contributed by atoms with van der Waals surface area (Å²) < 4.78 is 37.9. The van der Waals surface area contributed by atoms with Crippen LogP contribution < -0.4 is 18.9 Å². The Morgan fingerprint density at radius 2 is 1.83 bits per heavy atom. The van der Waals surface area contributed by atoms with Gasteiger partial charge in [-0.05, 0) is 105 Å². The van der Waals surface area contributed by atoms with Crippen molar-refractivity contribution >= 4 is 11.8 Å². The molecule has 6 unspecified atom stereocenters. The number of aliphatic hydroxyl groups excluding tert-OH is 2. The fourth-order valence-electron chi connectivity index (χ4n) is 9.43. The number of ether oxygens (including phenoxy) is 6. The number of amides is 1. The van der Waals surface area contributed by atoms with Crippen LogP contribution >= 0.6 is 0 Å². The first-order chi connectivity index (χ1) is 28.8. The maximum atomic E-state index is 14.4. The van der Waals surface area contributed by atoms with Crippen LogP contribution in [-0.2, 0) is 27.5 Å². The molecule has 6 atom stereocenters. The maximum absolute atomic E-state index is 14.4. The lowest BCUT2D eigenvalue weighted by Gasteiger charge is -2.59. The number of rotatable bonds is 19. The molecule has 0 bridgehead atoms. The number of allylic oxidation sites excluding steroid dienone is 1. The third-order valence-corrected chi connectivity index (χ3v) is 11.8. The summed E-state index contributed by atoms with van der Waals surface area (Å²) in [6.07, 6.45) is 8.35. The lowest BCUT2D eigenvalue weighted by Crippen LogP contribution is -2.70. The van der Waals surface area contributed by atoms with Crippen molar-refractivity contribution < 1.29 is 48.3 Å². The number of hydrogen-bond acceptors (Lipinski definition) is 12. The normalized spacial score (nSPS) is 24.3. The third-order valence-electron chi connectivity index (χ3n) is 11.8. The van der Waals surface area contributed by atoms with Gasteiger partial charge >= 0.3 is 6.09 Å². The van der Waals surface area contributed by atoms with Crippen molar-refractivity contribution in [2.45, 2.75) is 89.7 Å². The van der Waals surface area contributed by atoms with Crippen LogP contribution in [0.5, 0.6) is 23.0 Å². The second kappa shape index (κ2) is 19.3. The SMILES string of the molecule is C=CCOC12Oc3ccc(OCc4cccc(C)n4)cc3C3C(CCCCO)C(CCCCO)C=C(C(=NOC)CC1N(Cc1ccc4c(c1)OCO4)C(=O)OCC)C32. The van der Waals surface area contributed by atoms with Gasteiger partial charge in [-0.25, -0.2) is 4.79 Å². The van der Waals surface area contributed by atoms with Crippen molar-refractivity contribution in [3.05, 3.63) is 101 Å². The first-order valence-electron chi connectivity index (χ1n) is 20.8. The molecule has 1 fully saturated rings. The number of pyridine rings is 1. The zero-order chi connectivity index (χ0) is 41.4. The van der Waals surface area contributed by atoms with Crippen molar-refractivity contribution in [2.75, 3.05) is 40.3 Å². The van der Waals surface area contributed by atoms with E-state index in [1.165, 1.54) is 7.11 Å².